The van der Waals surface area contributed by atoms with E-state index in [0.29, 0.717) is 12.3 Å². The van der Waals surface area contributed by atoms with E-state index in [9.17, 15) is 15.0 Å². The van der Waals surface area contributed by atoms with Crippen LogP contribution in [0.4, 0.5) is 0 Å². The maximum absolute atomic E-state index is 11.6. The zero-order valence-electron chi connectivity index (χ0n) is 18.7. The first-order valence-corrected chi connectivity index (χ1v) is 11.1. The summed E-state index contributed by atoms with van der Waals surface area (Å²) < 4.78 is 10.9. The Hall–Kier alpha value is -0.910. The molecule has 0 heterocycles. The third-order valence-electron chi connectivity index (χ3n) is 5.24. The van der Waals surface area contributed by atoms with Gasteiger partial charge in [-0.2, -0.15) is 0 Å². The Balaban J connectivity index is 3.79. The van der Waals surface area contributed by atoms with Gasteiger partial charge in [-0.3, -0.25) is 0 Å². The van der Waals surface area contributed by atoms with Gasteiger partial charge in [0.05, 0.1) is 0 Å². The highest BCUT2D eigenvalue weighted by molar-refractivity contribution is 5.87. The second kappa shape index (κ2) is 15.9. The lowest BCUT2D eigenvalue weighted by Gasteiger charge is -2.30. The molecule has 0 amide bonds. The quantitative estimate of drug-likeness (QED) is 0.144. The minimum absolute atomic E-state index is 0.205. The molecule has 0 saturated carbocycles. The summed E-state index contributed by atoms with van der Waals surface area (Å²) in [5, 5.41) is 20.1. The van der Waals surface area contributed by atoms with E-state index < -0.39 is 17.9 Å². The average Bonchev–Trinajstić information content (AvgIpc) is 2.65. The standard InChI is InChI=1S/C23H44O5/c1-6-8-15-21(7-2)18-27-17-14-12-10-9-11-13-16-23(26,20(5)24)28-22(25)19(3)4/h20-21,24,26H,3,6-18H2,1-2,4-5H3. The summed E-state index contributed by atoms with van der Waals surface area (Å²) >= 11 is 0. The number of hydrogen-bond acceptors (Lipinski definition) is 5. The van der Waals surface area contributed by atoms with Crippen LogP contribution in [0.1, 0.15) is 98.3 Å². The fourth-order valence-electron chi connectivity index (χ4n) is 3.03. The van der Waals surface area contributed by atoms with Gasteiger partial charge in [-0.1, -0.05) is 65.4 Å². The summed E-state index contributed by atoms with van der Waals surface area (Å²) in [6, 6.07) is 0. The SMILES string of the molecule is C=C(C)C(=O)OC(O)(CCCCCCCCOCC(CC)CCCC)C(C)O. The monoisotopic (exact) mass is 400 g/mol. The van der Waals surface area contributed by atoms with Crippen LogP contribution in [0.25, 0.3) is 0 Å². The van der Waals surface area contributed by atoms with Gasteiger partial charge in [-0.15, -0.1) is 0 Å². The number of hydrogen-bond donors (Lipinski definition) is 2. The van der Waals surface area contributed by atoms with Crippen molar-refractivity contribution in [2.75, 3.05) is 13.2 Å². The molecular formula is C23H44O5. The second-order valence-electron chi connectivity index (χ2n) is 8.05. The topological polar surface area (TPSA) is 76.0 Å². The van der Waals surface area contributed by atoms with Crippen LogP contribution in [0.2, 0.25) is 0 Å². The summed E-state index contributed by atoms with van der Waals surface area (Å²) in [6.07, 6.45) is 10.1. The van der Waals surface area contributed by atoms with Crippen molar-refractivity contribution in [1.82, 2.24) is 0 Å². The third-order valence-corrected chi connectivity index (χ3v) is 5.24. The minimum atomic E-state index is -1.84. The van der Waals surface area contributed by atoms with Crippen molar-refractivity contribution in [1.29, 1.82) is 0 Å². The summed E-state index contributed by atoms with van der Waals surface area (Å²) in [4.78, 5) is 11.6. The van der Waals surface area contributed by atoms with E-state index in [1.807, 2.05) is 0 Å². The van der Waals surface area contributed by atoms with Crippen molar-refractivity contribution < 1.29 is 24.5 Å². The molecule has 0 aliphatic heterocycles. The van der Waals surface area contributed by atoms with E-state index in [-0.39, 0.29) is 12.0 Å². The molecule has 0 aromatic rings. The summed E-state index contributed by atoms with van der Waals surface area (Å²) in [5.74, 6) is -1.81. The lowest BCUT2D eigenvalue weighted by atomic mass is 10.0. The molecule has 5 heteroatoms. The Bertz CT molecular complexity index is 421. The molecule has 166 valence electrons. The molecule has 0 aliphatic carbocycles. The number of aliphatic hydroxyl groups is 2. The zero-order valence-corrected chi connectivity index (χ0v) is 18.7. The van der Waals surface area contributed by atoms with Gasteiger partial charge in [0.15, 0.2) is 0 Å². The molecule has 0 fully saturated rings. The van der Waals surface area contributed by atoms with E-state index in [1.165, 1.54) is 39.5 Å². The first kappa shape index (κ1) is 27.1. The van der Waals surface area contributed by atoms with Crippen LogP contribution in [0.3, 0.4) is 0 Å². The van der Waals surface area contributed by atoms with Gasteiger partial charge in [0.1, 0.15) is 6.10 Å². The number of ether oxygens (including phenoxy) is 2. The van der Waals surface area contributed by atoms with Crippen molar-refractivity contribution in [3.05, 3.63) is 12.2 Å². The van der Waals surface area contributed by atoms with E-state index >= 15 is 0 Å². The van der Waals surface area contributed by atoms with E-state index in [2.05, 4.69) is 20.4 Å². The Morgan fingerprint density at radius 3 is 2.21 bits per heavy atom. The molecule has 28 heavy (non-hydrogen) atoms. The number of unbranched alkanes of at least 4 members (excludes halogenated alkanes) is 6. The number of carbonyl (C=O) groups excluding carboxylic acids is 1. The van der Waals surface area contributed by atoms with Crippen molar-refractivity contribution >= 4 is 5.97 Å². The van der Waals surface area contributed by atoms with Crippen molar-refractivity contribution in [3.63, 3.8) is 0 Å². The molecule has 0 aromatic carbocycles. The minimum Gasteiger partial charge on any atom is -0.427 e. The molecule has 0 aliphatic rings. The van der Waals surface area contributed by atoms with Gasteiger partial charge in [0.25, 0.3) is 0 Å². The van der Waals surface area contributed by atoms with Crippen molar-refractivity contribution in [3.8, 4) is 0 Å². The number of rotatable bonds is 18. The number of aliphatic hydroxyl groups excluding tert-OH is 1. The van der Waals surface area contributed by atoms with Gasteiger partial charge in [-0.05, 0) is 39.0 Å². The summed E-state index contributed by atoms with van der Waals surface area (Å²) in [6.45, 7) is 12.6. The molecule has 0 rings (SSSR count). The highest BCUT2D eigenvalue weighted by Gasteiger charge is 2.36. The highest BCUT2D eigenvalue weighted by atomic mass is 16.7. The first-order chi connectivity index (χ1) is 13.3. The van der Waals surface area contributed by atoms with Gasteiger partial charge < -0.3 is 19.7 Å². The Morgan fingerprint density at radius 2 is 1.68 bits per heavy atom. The predicted octanol–water partition coefficient (Wildman–Crippen LogP) is 5.14. The molecule has 0 bridgehead atoms. The maximum Gasteiger partial charge on any atom is 0.335 e. The predicted molar refractivity (Wildman–Crippen MR) is 114 cm³/mol. The lowest BCUT2D eigenvalue weighted by molar-refractivity contribution is -0.244. The molecule has 5 nitrogen and oxygen atoms in total. The lowest BCUT2D eigenvalue weighted by Crippen LogP contribution is -2.45. The smallest absolute Gasteiger partial charge is 0.335 e. The summed E-state index contributed by atoms with van der Waals surface area (Å²) in [5.41, 5.74) is 0.205. The van der Waals surface area contributed by atoms with Crippen molar-refractivity contribution in [2.24, 2.45) is 5.92 Å². The largest absolute Gasteiger partial charge is 0.427 e. The van der Waals surface area contributed by atoms with Crippen molar-refractivity contribution in [2.45, 2.75) is 110 Å². The molecule has 0 radical (unpaired) electrons. The van der Waals surface area contributed by atoms with Crippen LogP contribution < -0.4 is 0 Å². The maximum atomic E-state index is 11.6. The van der Waals surface area contributed by atoms with Crippen LogP contribution in [0.15, 0.2) is 12.2 Å². The molecule has 3 unspecified atom stereocenters. The van der Waals surface area contributed by atoms with E-state index in [1.54, 1.807) is 0 Å². The van der Waals surface area contributed by atoms with Crippen LogP contribution in [0, 0.1) is 5.92 Å². The Morgan fingerprint density at radius 1 is 1.07 bits per heavy atom. The third kappa shape index (κ3) is 12.5. The first-order valence-electron chi connectivity index (χ1n) is 11.1. The van der Waals surface area contributed by atoms with Gasteiger partial charge >= 0.3 is 5.97 Å². The second-order valence-corrected chi connectivity index (χ2v) is 8.05. The fourth-order valence-corrected chi connectivity index (χ4v) is 3.03. The molecule has 0 aromatic heterocycles. The number of esters is 1. The van der Waals surface area contributed by atoms with Gasteiger partial charge in [0, 0.05) is 25.2 Å². The zero-order chi connectivity index (χ0) is 21.4. The average molecular weight is 401 g/mol. The molecule has 3 atom stereocenters. The molecule has 0 spiro atoms. The van der Waals surface area contributed by atoms with E-state index in [0.717, 1.165) is 45.3 Å². The fraction of sp³-hybridized carbons (Fsp3) is 0.870. The van der Waals surface area contributed by atoms with E-state index in [4.69, 9.17) is 9.47 Å². The van der Waals surface area contributed by atoms with Crippen LogP contribution >= 0.6 is 0 Å². The van der Waals surface area contributed by atoms with Gasteiger partial charge in [0.2, 0.25) is 5.79 Å². The molecule has 0 saturated heterocycles. The molecular weight excluding hydrogens is 356 g/mol. The van der Waals surface area contributed by atoms with Crippen LogP contribution in [-0.4, -0.2) is 41.3 Å². The Kier molecular flexibility index (Phi) is 15.4. The highest BCUT2D eigenvalue weighted by Crippen LogP contribution is 2.23. The normalized spacial score (nSPS) is 15.6. The van der Waals surface area contributed by atoms with Crippen LogP contribution in [0.5, 0.6) is 0 Å². The molecule has 2 N–H and O–H groups in total. The summed E-state index contributed by atoms with van der Waals surface area (Å²) in [7, 11) is 0. The number of carbonyl (C=O) groups is 1. The van der Waals surface area contributed by atoms with Gasteiger partial charge in [-0.25, -0.2) is 4.79 Å². The van der Waals surface area contributed by atoms with Crippen LogP contribution in [-0.2, 0) is 14.3 Å². The Labute approximate surface area is 172 Å².